The standard InChI is InChI=1S/C27H31N7O2S2/c28-21(27(36)34-17-15-33(16-18-34)26-20-6-2-4-8-23(20)38-30-26)9-10-24(35)31-11-13-32(14-12-31)25-19-5-1-3-7-22(19)37-29-25/h1-8,21H,9-18,28H2. The number of carbonyl (C=O) groups is 2. The van der Waals surface area contributed by atoms with Crippen molar-refractivity contribution < 1.29 is 9.59 Å². The number of hydrogen-bond donors (Lipinski definition) is 1. The van der Waals surface area contributed by atoms with E-state index in [0.717, 1.165) is 43.2 Å². The van der Waals surface area contributed by atoms with Gasteiger partial charge in [-0.3, -0.25) is 9.59 Å². The van der Waals surface area contributed by atoms with Crippen LogP contribution in [-0.2, 0) is 9.59 Å². The Labute approximate surface area is 229 Å². The summed E-state index contributed by atoms with van der Waals surface area (Å²) in [6.07, 6.45) is 0.656. The number of nitrogens with zero attached hydrogens (tertiary/aromatic N) is 6. The molecular weight excluding hydrogens is 518 g/mol. The van der Waals surface area contributed by atoms with E-state index in [1.165, 1.54) is 37.9 Å². The van der Waals surface area contributed by atoms with Crippen LogP contribution in [0.1, 0.15) is 12.8 Å². The number of aromatic nitrogens is 2. The number of hydrogen-bond acceptors (Lipinski definition) is 9. The van der Waals surface area contributed by atoms with Gasteiger partial charge < -0.3 is 25.3 Å². The zero-order chi connectivity index (χ0) is 26.1. The molecule has 0 aliphatic carbocycles. The molecule has 4 aromatic rings. The van der Waals surface area contributed by atoms with Crippen LogP contribution in [0.15, 0.2) is 48.5 Å². The fraction of sp³-hybridized carbons (Fsp3) is 0.407. The van der Waals surface area contributed by atoms with Gasteiger partial charge in [0.2, 0.25) is 11.8 Å². The highest BCUT2D eigenvalue weighted by atomic mass is 32.1. The Bertz CT molecular complexity index is 1440. The summed E-state index contributed by atoms with van der Waals surface area (Å²) in [5, 5.41) is 2.33. The predicted molar refractivity (Wildman–Crippen MR) is 154 cm³/mol. The molecule has 2 amide bonds. The maximum Gasteiger partial charge on any atom is 0.239 e. The molecular formula is C27H31N7O2S2. The molecule has 2 aliphatic heterocycles. The lowest BCUT2D eigenvalue weighted by molar-refractivity contribution is -0.134. The van der Waals surface area contributed by atoms with Crippen LogP contribution in [0.3, 0.4) is 0 Å². The van der Waals surface area contributed by atoms with E-state index in [9.17, 15) is 9.59 Å². The maximum atomic E-state index is 13.0. The van der Waals surface area contributed by atoms with Gasteiger partial charge in [-0.2, -0.15) is 8.75 Å². The number of nitrogens with two attached hydrogens (primary N) is 1. The summed E-state index contributed by atoms with van der Waals surface area (Å²) in [6.45, 7) is 5.49. The van der Waals surface area contributed by atoms with Crippen LogP contribution in [0.25, 0.3) is 20.2 Å². The highest BCUT2D eigenvalue weighted by Crippen LogP contribution is 2.31. The fourth-order valence-electron chi connectivity index (χ4n) is 5.30. The molecule has 0 bridgehead atoms. The van der Waals surface area contributed by atoms with E-state index >= 15 is 0 Å². The van der Waals surface area contributed by atoms with Gasteiger partial charge in [0.25, 0.3) is 0 Å². The Hall–Kier alpha value is -3.28. The third kappa shape index (κ3) is 4.93. The second kappa shape index (κ2) is 10.8. The van der Waals surface area contributed by atoms with Crippen molar-refractivity contribution in [2.75, 3.05) is 62.2 Å². The molecule has 6 rings (SSSR count). The number of rotatable bonds is 6. The summed E-state index contributed by atoms with van der Waals surface area (Å²) in [5.41, 5.74) is 6.27. The molecule has 0 radical (unpaired) electrons. The molecule has 9 nitrogen and oxygen atoms in total. The van der Waals surface area contributed by atoms with Gasteiger partial charge in [0.15, 0.2) is 0 Å². The Balaban J connectivity index is 0.959. The van der Waals surface area contributed by atoms with Gasteiger partial charge in [-0.25, -0.2) is 0 Å². The van der Waals surface area contributed by atoms with Gasteiger partial charge in [0.1, 0.15) is 11.6 Å². The maximum absolute atomic E-state index is 13.0. The third-order valence-electron chi connectivity index (χ3n) is 7.53. The molecule has 2 fully saturated rings. The van der Waals surface area contributed by atoms with Gasteiger partial charge in [-0.1, -0.05) is 24.3 Å². The van der Waals surface area contributed by atoms with Crippen LogP contribution in [0, 0.1) is 0 Å². The molecule has 2 saturated heterocycles. The molecule has 2 N–H and O–H groups in total. The summed E-state index contributed by atoms with van der Waals surface area (Å²) >= 11 is 3.02. The van der Waals surface area contributed by atoms with E-state index in [-0.39, 0.29) is 18.2 Å². The quantitative estimate of drug-likeness (QED) is 0.395. The SMILES string of the molecule is NC(CCC(=O)N1CCN(c2nsc3ccccc23)CC1)C(=O)N1CCN(c2nsc3ccccc23)CC1. The topological polar surface area (TPSA) is 98.9 Å². The highest BCUT2D eigenvalue weighted by molar-refractivity contribution is 7.14. The third-order valence-corrected chi connectivity index (χ3v) is 9.16. The van der Waals surface area contributed by atoms with Crippen molar-refractivity contribution in [3.8, 4) is 0 Å². The molecule has 198 valence electrons. The molecule has 0 saturated carbocycles. The lowest BCUT2D eigenvalue weighted by atomic mass is 10.1. The lowest BCUT2D eigenvalue weighted by Gasteiger charge is -2.36. The van der Waals surface area contributed by atoms with Crippen LogP contribution < -0.4 is 15.5 Å². The number of carbonyl (C=O) groups excluding carboxylic acids is 2. The van der Waals surface area contributed by atoms with Crippen molar-refractivity contribution >= 4 is 66.7 Å². The first-order valence-corrected chi connectivity index (χ1v) is 14.6. The van der Waals surface area contributed by atoms with Gasteiger partial charge in [-0.05, 0) is 53.8 Å². The number of anilines is 2. The molecule has 2 aromatic heterocycles. The van der Waals surface area contributed by atoms with E-state index in [2.05, 4.69) is 42.8 Å². The zero-order valence-electron chi connectivity index (χ0n) is 21.2. The van der Waals surface area contributed by atoms with Gasteiger partial charge >= 0.3 is 0 Å². The number of amides is 2. The summed E-state index contributed by atoms with van der Waals surface area (Å²) in [7, 11) is 0. The van der Waals surface area contributed by atoms with Crippen molar-refractivity contribution in [3.63, 3.8) is 0 Å². The Morgan fingerprint density at radius 3 is 1.74 bits per heavy atom. The second-order valence-corrected chi connectivity index (χ2v) is 11.4. The smallest absolute Gasteiger partial charge is 0.239 e. The second-order valence-electron chi connectivity index (χ2n) is 9.83. The van der Waals surface area contributed by atoms with Crippen LogP contribution in [0.2, 0.25) is 0 Å². The number of piperazine rings is 2. The molecule has 1 atom stereocenters. The average Bonchev–Trinajstić information content (AvgIpc) is 3.60. The van der Waals surface area contributed by atoms with Crippen molar-refractivity contribution in [2.45, 2.75) is 18.9 Å². The molecule has 1 unspecified atom stereocenters. The van der Waals surface area contributed by atoms with Crippen LogP contribution in [0.4, 0.5) is 11.6 Å². The minimum Gasteiger partial charge on any atom is -0.352 e. The van der Waals surface area contributed by atoms with Crippen molar-refractivity contribution in [2.24, 2.45) is 5.73 Å². The van der Waals surface area contributed by atoms with Crippen LogP contribution in [-0.4, -0.2) is 88.8 Å². The highest BCUT2D eigenvalue weighted by Gasteiger charge is 2.29. The predicted octanol–water partition coefficient (Wildman–Crippen LogP) is 3.01. The molecule has 4 heterocycles. The van der Waals surface area contributed by atoms with Crippen LogP contribution in [0.5, 0.6) is 0 Å². The van der Waals surface area contributed by atoms with Gasteiger partial charge in [0.05, 0.1) is 15.4 Å². The fourth-order valence-corrected chi connectivity index (χ4v) is 6.89. The number of fused-ring (bicyclic) bond motifs is 2. The first-order valence-electron chi connectivity index (χ1n) is 13.1. The molecule has 2 aliphatic rings. The lowest BCUT2D eigenvalue weighted by Crippen LogP contribution is -2.53. The number of benzene rings is 2. The minimum atomic E-state index is -0.659. The van der Waals surface area contributed by atoms with Crippen molar-refractivity contribution in [1.29, 1.82) is 0 Å². The Morgan fingerprint density at radius 2 is 1.21 bits per heavy atom. The van der Waals surface area contributed by atoms with E-state index < -0.39 is 6.04 Å². The molecule has 0 spiro atoms. The van der Waals surface area contributed by atoms with Crippen molar-refractivity contribution in [3.05, 3.63) is 48.5 Å². The Kier molecular flexibility index (Phi) is 7.14. The minimum absolute atomic E-state index is 0.0660. The Morgan fingerprint density at radius 1 is 0.737 bits per heavy atom. The molecule has 11 heteroatoms. The monoisotopic (exact) mass is 549 g/mol. The summed E-state index contributed by atoms with van der Waals surface area (Å²) in [6, 6.07) is 15.8. The molecule has 38 heavy (non-hydrogen) atoms. The summed E-state index contributed by atoms with van der Waals surface area (Å²) in [4.78, 5) is 34.1. The van der Waals surface area contributed by atoms with E-state index in [0.29, 0.717) is 32.6 Å². The summed E-state index contributed by atoms with van der Waals surface area (Å²) < 4.78 is 11.6. The first-order chi connectivity index (χ1) is 18.6. The average molecular weight is 550 g/mol. The van der Waals surface area contributed by atoms with E-state index in [1.54, 1.807) is 0 Å². The van der Waals surface area contributed by atoms with E-state index in [1.807, 2.05) is 34.1 Å². The first kappa shape index (κ1) is 25.0. The van der Waals surface area contributed by atoms with Gasteiger partial charge in [0, 0.05) is 69.6 Å². The normalized spacial score (nSPS) is 17.4. The molecule has 2 aromatic carbocycles. The van der Waals surface area contributed by atoms with Crippen LogP contribution >= 0.6 is 23.1 Å². The van der Waals surface area contributed by atoms with Crippen molar-refractivity contribution in [1.82, 2.24) is 18.5 Å². The zero-order valence-corrected chi connectivity index (χ0v) is 22.8. The largest absolute Gasteiger partial charge is 0.352 e. The van der Waals surface area contributed by atoms with Gasteiger partial charge in [-0.15, -0.1) is 0 Å². The van der Waals surface area contributed by atoms with E-state index in [4.69, 9.17) is 5.73 Å². The summed E-state index contributed by atoms with van der Waals surface area (Å²) in [5.74, 6) is 2.00.